The highest BCUT2D eigenvalue weighted by Gasteiger charge is 2.14. The zero-order valence-corrected chi connectivity index (χ0v) is 13.6. The third-order valence-electron chi connectivity index (χ3n) is 4.32. The maximum atomic E-state index is 12.2. The van der Waals surface area contributed by atoms with Gasteiger partial charge in [0.15, 0.2) is 0 Å². The molecule has 1 aliphatic heterocycles. The Kier molecular flexibility index (Phi) is 5.09. The van der Waals surface area contributed by atoms with Gasteiger partial charge in [-0.1, -0.05) is 42.0 Å². The van der Waals surface area contributed by atoms with E-state index in [2.05, 4.69) is 23.1 Å². The van der Waals surface area contributed by atoms with Crippen LogP contribution in [0.25, 0.3) is 0 Å². The smallest absolute Gasteiger partial charge is 0.338 e. The Morgan fingerprint density at radius 1 is 1.04 bits per heavy atom. The lowest BCUT2D eigenvalue weighted by atomic mass is 10.1. The number of nitrogens with zero attached hydrogens (tertiary/aromatic N) is 1. The molecule has 1 fully saturated rings. The third kappa shape index (κ3) is 4.20. The van der Waals surface area contributed by atoms with Gasteiger partial charge in [-0.15, -0.1) is 0 Å². The minimum absolute atomic E-state index is 0.260. The van der Waals surface area contributed by atoms with Crippen molar-refractivity contribution < 1.29 is 9.53 Å². The van der Waals surface area contributed by atoms with E-state index in [0.717, 1.165) is 30.8 Å². The van der Waals surface area contributed by atoms with Crippen LogP contribution >= 0.6 is 0 Å². The van der Waals surface area contributed by atoms with Gasteiger partial charge in [-0.3, -0.25) is 4.90 Å². The molecule has 0 N–H and O–H groups in total. The molecule has 0 spiro atoms. The molecule has 3 heteroatoms. The highest BCUT2D eigenvalue weighted by atomic mass is 16.5. The van der Waals surface area contributed by atoms with Gasteiger partial charge < -0.3 is 4.74 Å². The van der Waals surface area contributed by atoms with Crippen molar-refractivity contribution in [2.24, 2.45) is 0 Å². The minimum Gasteiger partial charge on any atom is -0.457 e. The number of hydrogen-bond donors (Lipinski definition) is 0. The van der Waals surface area contributed by atoms with Crippen LogP contribution in [0.4, 0.5) is 0 Å². The van der Waals surface area contributed by atoms with Crippen LogP contribution in [0.5, 0.6) is 0 Å². The fraction of sp³-hybridized carbons (Fsp3) is 0.350. The van der Waals surface area contributed by atoms with Gasteiger partial charge >= 0.3 is 5.97 Å². The standard InChI is InChI=1S/C20H23NO2/c1-16-7-6-10-17(13-16)20(22)23-15-19-9-3-2-8-18(19)14-21-11-4-5-12-21/h2-3,6-10,13H,4-5,11-12,14-15H2,1H3. The van der Waals surface area contributed by atoms with Crippen molar-refractivity contribution in [3.05, 3.63) is 70.8 Å². The second-order valence-electron chi connectivity index (χ2n) is 6.20. The molecule has 120 valence electrons. The summed E-state index contributed by atoms with van der Waals surface area (Å²) < 4.78 is 5.52. The molecule has 23 heavy (non-hydrogen) atoms. The van der Waals surface area contributed by atoms with Gasteiger partial charge in [0.2, 0.25) is 0 Å². The molecule has 0 aliphatic carbocycles. The lowest BCUT2D eigenvalue weighted by Gasteiger charge is -2.17. The zero-order chi connectivity index (χ0) is 16.1. The fourth-order valence-corrected chi connectivity index (χ4v) is 3.03. The normalized spacial score (nSPS) is 14.8. The first kappa shape index (κ1) is 15.8. The maximum Gasteiger partial charge on any atom is 0.338 e. The fourth-order valence-electron chi connectivity index (χ4n) is 3.03. The average molecular weight is 309 g/mol. The van der Waals surface area contributed by atoms with Gasteiger partial charge in [0.25, 0.3) is 0 Å². The van der Waals surface area contributed by atoms with E-state index in [1.54, 1.807) is 6.07 Å². The molecule has 0 bridgehead atoms. The number of benzene rings is 2. The monoisotopic (exact) mass is 309 g/mol. The third-order valence-corrected chi connectivity index (χ3v) is 4.32. The van der Waals surface area contributed by atoms with Crippen LogP contribution in [-0.2, 0) is 17.9 Å². The molecule has 2 aromatic rings. The molecule has 0 unspecified atom stereocenters. The van der Waals surface area contributed by atoms with Crippen molar-refractivity contribution in [2.75, 3.05) is 13.1 Å². The second kappa shape index (κ2) is 7.42. The number of esters is 1. The van der Waals surface area contributed by atoms with E-state index in [-0.39, 0.29) is 5.97 Å². The molecule has 1 heterocycles. The Morgan fingerprint density at radius 2 is 1.78 bits per heavy atom. The maximum absolute atomic E-state index is 12.2. The highest BCUT2D eigenvalue weighted by Crippen LogP contribution is 2.17. The summed E-state index contributed by atoms with van der Waals surface area (Å²) in [6, 6.07) is 15.8. The predicted octanol–water partition coefficient (Wildman–Crippen LogP) is 3.95. The van der Waals surface area contributed by atoms with Crippen molar-refractivity contribution in [2.45, 2.75) is 32.9 Å². The SMILES string of the molecule is Cc1cccc(C(=O)OCc2ccccc2CN2CCCC2)c1. The number of likely N-dealkylation sites (tertiary alicyclic amines) is 1. The molecule has 0 amide bonds. The van der Waals surface area contributed by atoms with Crippen molar-refractivity contribution in [1.82, 2.24) is 4.90 Å². The molecular formula is C20H23NO2. The van der Waals surface area contributed by atoms with E-state index in [1.807, 2.05) is 31.2 Å². The molecule has 3 nitrogen and oxygen atoms in total. The molecule has 0 radical (unpaired) electrons. The predicted molar refractivity (Wildman–Crippen MR) is 91.3 cm³/mol. The van der Waals surface area contributed by atoms with Crippen LogP contribution in [0.3, 0.4) is 0 Å². The van der Waals surface area contributed by atoms with E-state index in [0.29, 0.717) is 12.2 Å². The van der Waals surface area contributed by atoms with Gasteiger partial charge in [-0.25, -0.2) is 4.79 Å². The number of rotatable bonds is 5. The first-order valence-corrected chi connectivity index (χ1v) is 8.25. The number of carbonyl (C=O) groups is 1. The van der Waals surface area contributed by atoms with Gasteiger partial charge in [-0.05, 0) is 56.1 Å². The zero-order valence-electron chi connectivity index (χ0n) is 13.6. The van der Waals surface area contributed by atoms with Gasteiger partial charge in [0.1, 0.15) is 6.61 Å². The van der Waals surface area contributed by atoms with Crippen LogP contribution in [0.15, 0.2) is 48.5 Å². The molecule has 1 saturated heterocycles. The summed E-state index contributed by atoms with van der Waals surface area (Å²) in [5, 5.41) is 0. The lowest BCUT2D eigenvalue weighted by Crippen LogP contribution is -2.19. The van der Waals surface area contributed by atoms with E-state index < -0.39 is 0 Å². The molecule has 0 atom stereocenters. The summed E-state index contributed by atoms with van der Waals surface area (Å²) in [6.45, 7) is 5.58. The lowest BCUT2D eigenvalue weighted by molar-refractivity contribution is 0.0471. The molecule has 2 aromatic carbocycles. The molecule has 3 rings (SSSR count). The topological polar surface area (TPSA) is 29.5 Å². The van der Waals surface area contributed by atoms with Gasteiger partial charge in [-0.2, -0.15) is 0 Å². The number of aryl methyl sites for hydroxylation is 1. The Labute approximate surface area is 137 Å². The van der Waals surface area contributed by atoms with E-state index in [4.69, 9.17) is 4.74 Å². The van der Waals surface area contributed by atoms with Crippen LogP contribution in [0.1, 0.15) is 39.9 Å². The largest absolute Gasteiger partial charge is 0.457 e. The summed E-state index contributed by atoms with van der Waals surface area (Å²) >= 11 is 0. The van der Waals surface area contributed by atoms with E-state index >= 15 is 0 Å². The van der Waals surface area contributed by atoms with Gasteiger partial charge in [0.05, 0.1) is 5.56 Å². The molecular weight excluding hydrogens is 286 g/mol. The molecule has 1 aliphatic rings. The number of ether oxygens (including phenoxy) is 1. The second-order valence-corrected chi connectivity index (χ2v) is 6.20. The van der Waals surface area contributed by atoms with Crippen LogP contribution < -0.4 is 0 Å². The minimum atomic E-state index is -0.260. The number of carbonyl (C=O) groups excluding carboxylic acids is 1. The Balaban J connectivity index is 1.64. The Bertz CT molecular complexity index is 675. The summed E-state index contributed by atoms with van der Waals surface area (Å²) in [7, 11) is 0. The quantitative estimate of drug-likeness (QED) is 0.783. The first-order valence-electron chi connectivity index (χ1n) is 8.25. The molecule has 0 aromatic heterocycles. The van der Waals surface area contributed by atoms with Gasteiger partial charge in [0, 0.05) is 6.54 Å². The number of hydrogen-bond acceptors (Lipinski definition) is 3. The average Bonchev–Trinajstić information content (AvgIpc) is 3.07. The highest BCUT2D eigenvalue weighted by molar-refractivity contribution is 5.89. The Hall–Kier alpha value is -2.13. The summed E-state index contributed by atoms with van der Waals surface area (Å²) in [6.07, 6.45) is 2.56. The van der Waals surface area contributed by atoms with Crippen molar-refractivity contribution in [1.29, 1.82) is 0 Å². The summed E-state index contributed by atoms with van der Waals surface area (Å²) in [5.74, 6) is -0.260. The summed E-state index contributed by atoms with van der Waals surface area (Å²) in [4.78, 5) is 14.7. The van der Waals surface area contributed by atoms with Crippen LogP contribution in [0.2, 0.25) is 0 Å². The van der Waals surface area contributed by atoms with Crippen molar-refractivity contribution >= 4 is 5.97 Å². The van der Waals surface area contributed by atoms with E-state index in [1.165, 1.54) is 18.4 Å². The first-order chi connectivity index (χ1) is 11.2. The van der Waals surface area contributed by atoms with E-state index in [9.17, 15) is 4.79 Å². The van der Waals surface area contributed by atoms with Crippen LogP contribution in [-0.4, -0.2) is 24.0 Å². The van der Waals surface area contributed by atoms with Crippen molar-refractivity contribution in [3.63, 3.8) is 0 Å². The van der Waals surface area contributed by atoms with Crippen LogP contribution in [0, 0.1) is 6.92 Å². The summed E-state index contributed by atoms with van der Waals surface area (Å²) in [5.41, 5.74) is 4.03. The van der Waals surface area contributed by atoms with Crippen molar-refractivity contribution in [3.8, 4) is 0 Å². The Morgan fingerprint density at radius 3 is 2.52 bits per heavy atom. The molecule has 0 saturated carbocycles.